The summed E-state index contributed by atoms with van der Waals surface area (Å²) in [7, 11) is 0. The molecule has 1 N–H and O–H groups in total. The molecule has 1 aromatic rings. The zero-order valence-corrected chi connectivity index (χ0v) is 11.5. The van der Waals surface area contributed by atoms with Crippen molar-refractivity contribution in [2.75, 3.05) is 29.9 Å². The number of anilines is 2. The fourth-order valence-corrected chi connectivity index (χ4v) is 1.61. The summed E-state index contributed by atoms with van der Waals surface area (Å²) < 4.78 is 0. The normalized spacial score (nSPS) is 9.89. The molecule has 0 atom stereocenters. The summed E-state index contributed by atoms with van der Waals surface area (Å²) in [6.45, 7) is 6.46. The number of aromatic nitrogens is 3. The molecule has 0 spiro atoms. The van der Waals surface area contributed by atoms with Gasteiger partial charge in [-0.3, -0.25) is 0 Å². The molecule has 1 aromatic heterocycles. The molecule has 6 heteroatoms. The number of rotatable bonds is 7. The Morgan fingerprint density at radius 3 is 2.61 bits per heavy atom. The summed E-state index contributed by atoms with van der Waals surface area (Å²) in [4.78, 5) is 14.5. The minimum absolute atomic E-state index is 0.200. The van der Waals surface area contributed by atoms with Gasteiger partial charge in [-0.2, -0.15) is 15.0 Å². The Morgan fingerprint density at radius 1 is 1.28 bits per heavy atom. The highest BCUT2D eigenvalue weighted by molar-refractivity contribution is 6.28. The lowest BCUT2D eigenvalue weighted by Crippen LogP contribution is -2.25. The van der Waals surface area contributed by atoms with Crippen molar-refractivity contribution in [1.29, 1.82) is 0 Å². The lowest BCUT2D eigenvalue weighted by molar-refractivity contribution is 0.808. The molecule has 1 rings (SSSR count). The topological polar surface area (TPSA) is 53.9 Å². The van der Waals surface area contributed by atoms with Crippen molar-refractivity contribution in [2.24, 2.45) is 0 Å². The van der Waals surface area contributed by atoms with Crippen molar-refractivity contribution in [1.82, 2.24) is 15.0 Å². The number of nitrogens with one attached hydrogen (secondary N) is 1. The van der Waals surface area contributed by atoms with Crippen molar-refractivity contribution in [3.63, 3.8) is 0 Å². The van der Waals surface area contributed by atoms with E-state index in [1.807, 2.05) is 18.7 Å². The molecule has 5 nitrogen and oxygen atoms in total. The van der Waals surface area contributed by atoms with Crippen LogP contribution < -0.4 is 10.2 Å². The van der Waals surface area contributed by atoms with E-state index < -0.39 is 0 Å². The van der Waals surface area contributed by atoms with Crippen molar-refractivity contribution in [3.8, 4) is 12.3 Å². The minimum atomic E-state index is 0.200. The molecule has 0 aliphatic heterocycles. The quantitative estimate of drug-likeness (QED) is 0.606. The molecule has 0 radical (unpaired) electrons. The van der Waals surface area contributed by atoms with Gasteiger partial charge in [0.1, 0.15) is 0 Å². The van der Waals surface area contributed by atoms with Gasteiger partial charge in [-0.05, 0) is 31.9 Å². The van der Waals surface area contributed by atoms with E-state index in [0.29, 0.717) is 11.9 Å². The van der Waals surface area contributed by atoms with Gasteiger partial charge in [0.15, 0.2) is 0 Å². The summed E-state index contributed by atoms with van der Waals surface area (Å²) in [5.74, 6) is 3.68. The van der Waals surface area contributed by atoms with Crippen molar-refractivity contribution < 1.29 is 0 Å². The Bertz CT molecular complexity index is 411. The lowest BCUT2D eigenvalue weighted by atomic mass is 10.3. The van der Waals surface area contributed by atoms with Crippen LogP contribution in [0.25, 0.3) is 0 Å². The highest BCUT2D eigenvalue weighted by atomic mass is 35.5. The molecule has 0 unspecified atom stereocenters. The average Bonchev–Trinajstić information content (AvgIpc) is 2.36. The highest BCUT2D eigenvalue weighted by Gasteiger charge is 2.09. The van der Waals surface area contributed by atoms with E-state index in [2.05, 4.69) is 26.2 Å². The molecule has 0 aliphatic carbocycles. The maximum atomic E-state index is 5.89. The number of unbranched alkanes of at least 4 members (excludes halogenated alkanes) is 1. The monoisotopic (exact) mass is 267 g/mol. The lowest BCUT2D eigenvalue weighted by Gasteiger charge is -2.18. The van der Waals surface area contributed by atoms with Crippen LogP contribution in [0.2, 0.25) is 5.28 Å². The molecule has 0 fully saturated rings. The van der Waals surface area contributed by atoms with Crippen LogP contribution in [-0.2, 0) is 0 Å². The van der Waals surface area contributed by atoms with Crippen molar-refractivity contribution >= 4 is 23.5 Å². The van der Waals surface area contributed by atoms with Gasteiger partial charge in [0, 0.05) is 26.1 Å². The minimum Gasteiger partial charge on any atom is -0.354 e. The second-order valence-electron chi connectivity index (χ2n) is 3.63. The third kappa shape index (κ3) is 4.38. The van der Waals surface area contributed by atoms with Crippen molar-refractivity contribution in [2.45, 2.75) is 26.7 Å². The standard InChI is InChI=1S/C12H18ClN5/c1-4-7-8-9-14-11-15-10(13)16-12(17-11)18(5-2)6-3/h1H,5-9H2,2-3H3,(H,14,15,16,17). The second-order valence-corrected chi connectivity index (χ2v) is 3.97. The summed E-state index contributed by atoms with van der Waals surface area (Å²) in [5, 5.41) is 3.30. The molecule has 0 aromatic carbocycles. The first-order valence-electron chi connectivity index (χ1n) is 6.05. The molecule has 98 valence electrons. The summed E-state index contributed by atoms with van der Waals surface area (Å²) in [5.41, 5.74) is 0. The fourth-order valence-electron chi connectivity index (χ4n) is 1.46. The van der Waals surface area contributed by atoms with Gasteiger partial charge >= 0.3 is 0 Å². The van der Waals surface area contributed by atoms with E-state index in [-0.39, 0.29) is 5.28 Å². The van der Waals surface area contributed by atoms with Gasteiger partial charge in [0.25, 0.3) is 0 Å². The van der Waals surface area contributed by atoms with Crippen LogP contribution in [0, 0.1) is 12.3 Å². The smallest absolute Gasteiger partial charge is 0.231 e. The van der Waals surface area contributed by atoms with Crippen molar-refractivity contribution in [3.05, 3.63) is 5.28 Å². The van der Waals surface area contributed by atoms with Crippen LogP contribution in [-0.4, -0.2) is 34.6 Å². The Balaban J connectivity index is 2.71. The van der Waals surface area contributed by atoms with Gasteiger partial charge in [0.2, 0.25) is 17.2 Å². The predicted molar refractivity (Wildman–Crippen MR) is 75.0 cm³/mol. The van der Waals surface area contributed by atoms with Gasteiger partial charge in [-0.15, -0.1) is 12.3 Å². The third-order valence-corrected chi connectivity index (χ3v) is 2.59. The van der Waals surface area contributed by atoms with Crippen LogP contribution in [0.15, 0.2) is 0 Å². The molecular formula is C12H18ClN5. The van der Waals surface area contributed by atoms with Crippen LogP contribution in [0.4, 0.5) is 11.9 Å². The number of terminal acetylenes is 1. The highest BCUT2D eigenvalue weighted by Crippen LogP contribution is 2.13. The van der Waals surface area contributed by atoms with E-state index in [1.54, 1.807) is 0 Å². The van der Waals surface area contributed by atoms with E-state index in [9.17, 15) is 0 Å². The molecule has 0 amide bonds. The first kappa shape index (κ1) is 14.5. The zero-order chi connectivity index (χ0) is 13.4. The molecule has 0 saturated heterocycles. The number of halogens is 1. The number of hydrogen-bond donors (Lipinski definition) is 1. The zero-order valence-electron chi connectivity index (χ0n) is 10.8. The number of hydrogen-bond acceptors (Lipinski definition) is 5. The molecule has 18 heavy (non-hydrogen) atoms. The van der Waals surface area contributed by atoms with Gasteiger partial charge in [-0.25, -0.2) is 0 Å². The SMILES string of the molecule is C#CCCCNc1nc(Cl)nc(N(CC)CC)n1. The van der Waals surface area contributed by atoms with E-state index in [0.717, 1.165) is 32.5 Å². The first-order valence-corrected chi connectivity index (χ1v) is 6.42. The molecule has 0 saturated carbocycles. The maximum Gasteiger partial charge on any atom is 0.231 e. The van der Waals surface area contributed by atoms with E-state index in [4.69, 9.17) is 18.0 Å². The Labute approximate surface area is 113 Å². The second kappa shape index (κ2) is 7.72. The summed E-state index contributed by atoms with van der Waals surface area (Å²) >= 11 is 5.89. The van der Waals surface area contributed by atoms with Gasteiger partial charge in [-0.1, -0.05) is 0 Å². The number of nitrogens with zero attached hydrogens (tertiary/aromatic N) is 4. The van der Waals surface area contributed by atoms with Crippen LogP contribution in [0.1, 0.15) is 26.7 Å². The van der Waals surface area contributed by atoms with Gasteiger partial charge < -0.3 is 10.2 Å². The van der Waals surface area contributed by atoms with Gasteiger partial charge in [0.05, 0.1) is 0 Å². The third-order valence-electron chi connectivity index (χ3n) is 2.42. The average molecular weight is 268 g/mol. The van der Waals surface area contributed by atoms with Crippen LogP contribution in [0.3, 0.4) is 0 Å². The Hall–Kier alpha value is -1.54. The maximum absolute atomic E-state index is 5.89. The summed E-state index contributed by atoms with van der Waals surface area (Å²) in [6, 6.07) is 0. The summed E-state index contributed by atoms with van der Waals surface area (Å²) in [6.07, 6.45) is 6.79. The first-order chi connectivity index (χ1) is 8.71. The molecule has 0 aliphatic rings. The van der Waals surface area contributed by atoms with E-state index in [1.165, 1.54) is 0 Å². The largest absolute Gasteiger partial charge is 0.354 e. The molecular weight excluding hydrogens is 250 g/mol. The molecule has 1 heterocycles. The Morgan fingerprint density at radius 2 is 2.00 bits per heavy atom. The van der Waals surface area contributed by atoms with E-state index >= 15 is 0 Å². The molecule has 0 bridgehead atoms. The van der Waals surface area contributed by atoms with Crippen LogP contribution >= 0.6 is 11.6 Å². The Kier molecular flexibility index (Phi) is 6.23. The fraction of sp³-hybridized carbons (Fsp3) is 0.583. The predicted octanol–water partition coefficient (Wildman–Crippen LogP) is 2.20. The van der Waals surface area contributed by atoms with Crippen LogP contribution in [0.5, 0.6) is 0 Å².